The van der Waals surface area contributed by atoms with Gasteiger partial charge in [-0.3, -0.25) is 4.72 Å². The molecular formula is C16H14N2O2S. The molecule has 0 saturated carbocycles. The van der Waals surface area contributed by atoms with E-state index in [1.165, 1.54) is 0 Å². The Morgan fingerprint density at radius 1 is 0.905 bits per heavy atom. The summed E-state index contributed by atoms with van der Waals surface area (Å²) >= 11 is 0. The minimum absolute atomic E-state index is 0.493. The first-order valence-electron chi connectivity index (χ1n) is 6.46. The molecule has 4 nitrogen and oxygen atoms in total. The zero-order valence-electron chi connectivity index (χ0n) is 11.4. The topological polar surface area (TPSA) is 59.1 Å². The Morgan fingerprint density at radius 3 is 2.38 bits per heavy atom. The number of hydrogen-bond acceptors (Lipinski definition) is 3. The van der Waals surface area contributed by atoms with Crippen molar-refractivity contribution in [2.75, 3.05) is 11.0 Å². The van der Waals surface area contributed by atoms with Crippen molar-refractivity contribution in [3.05, 3.63) is 60.7 Å². The molecule has 21 heavy (non-hydrogen) atoms. The summed E-state index contributed by atoms with van der Waals surface area (Å²) in [4.78, 5) is 4.60. The highest BCUT2D eigenvalue weighted by molar-refractivity contribution is 7.92. The van der Waals surface area contributed by atoms with Crippen LogP contribution in [0.15, 0.2) is 60.7 Å². The van der Waals surface area contributed by atoms with Crippen molar-refractivity contribution in [1.82, 2.24) is 4.98 Å². The van der Waals surface area contributed by atoms with Gasteiger partial charge in [-0.25, -0.2) is 13.4 Å². The summed E-state index contributed by atoms with van der Waals surface area (Å²) in [6.07, 6.45) is 1.13. The molecule has 0 aliphatic rings. The van der Waals surface area contributed by atoms with Gasteiger partial charge in [0.25, 0.3) is 0 Å². The Balaban J connectivity index is 2.18. The molecule has 1 heterocycles. The molecule has 0 aliphatic heterocycles. The standard InChI is InChI=1S/C16H14N2O2S/c1-21(19,20)18-15-9-5-8-13-10-11-14(17-16(13)15)12-6-3-2-4-7-12/h2-11,18H,1H3. The van der Waals surface area contributed by atoms with Crippen LogP contribution in [0.1, 0.15) is 0 Å². The number of sulfonamides is 1. The number of benzene rings is 2. The molecule has 5 heteroatoms. The fraction of sp³-hybridized carbons (Fsp3) is 0.0625. The predicted molar refractivity (Wildman–Crippen MR) is 85.6 cm³/mol. The molecule has 3 aromatic rings. The molecule has 0 spiro atoms. The van der Waals surface area contributed by atoms with Crippen LogP contribution in [0.2, 0.25) is 0 Å². The van der Waals surface area contributed by atoms with Gasteiger partial charge in [0.05, 0.1) is 23.2 Å². The van der Waals surface area contributed by atoms with Gasteiger partial charge < -0.3 is 0 Å². The second-order valence-corrected chi connectivity index (χ2v) is 6.56. The molecule has 1 N–H and O–H groups in total. The largest absolute Gasteiger partial charge is 0.282 e. The van der Waals surface area contributed by atoms with Crippen molar-refractivity contribution < 1.29 is 8.42 Å². The Kier molecular flexibility index (Phi) is 3.35. The second kappa shape index (κ2) is 5.18. The number of anilines is 1. The highest BCUT2D eigenvalue weighted by atomic mass is 32.2. The maximum absolute atomic E-state index is 11.5. The molecule has 0 fully saturated rings. The summed E-state index contributed by atoms with van der Waals surface area (Å²) in [5.74, 6) is 0. The Bertz CT molecular complexity index is 891. The predicted octanol–water partition coefficient (Wildman–Crippen LogP) is 3.27. The van der Waals surface area contributed by atoms with Gasteiger partial charge in [0.1, 0.15) is 0 Å². The summed E-state index contributed by atoms with van der Waals surface area (Å²) in [6, 6.07) is 19.1. The first-order valence-corrected chi connectivity index (χ1v) is 8.35. The summed E-state index contributed by atoms with van der Waals surface area (Å²) in [7, 11) is -3.34. The number of aromatic nitrogens is 1. The Hall–Kier alpha value is -2.40. The molecule has 3 rings (SSSR count). The maximum Gasteiger partial charge on any atom is 0.229 e. The summed E-state index contributed by atoms with van der Waals surface area (Å²) < 4.78 is 25.4. The fourth-order valence-corrected chi connectivity index (χ4v) is 2.76. The van der Waals surface area contributed by atoms with Crippen molar-refractivity contribution >= 4 is 26.6 Å². The van der Waals surface area contributed by atoms with Crippen molar-refractivity contribution in [1.29, 1.82) is 0 Å². The highest BCUT2D eigenvalue weighted by Crippen LogP contribution is 2.26. The average Bonchev–Trinajstić information content (AvgIpc) is 2.47. The van der Waals surface area contributed by atoms with Gasteiger partial charge in [0, 0.05) is 10.9 Å². The van der Waals surface area contributed by atoms with Crippen LogP contribution in [0.5, 0.6) is 0 Å². The van der Waals surface area contributed by atoms with Gasteiger partial charge in [-0.2, -0.15) is 0 Å². The lowest BCUT2D eigenvalue weighted by molar-refractivity contribution is 0.607. The number of fused-ring (bicyclic) bond motifs is 1. The van der Waals surface area contributed by atoms with Gasteiger partial charge in [-0.1, -0.05) is 48.5 Å². The number of pyridine rings is 1. The van der Waals surface area contributed by atoms with E-state index in [0.29, 0.717) is 11.2 Å². The number of rotatable bonds is 3. The molecule has 1 aromatic heterocycles. The minimum Gasteiger partial charge on any atom is -0.282 e. The van der Waals surface area contributed by atoms with Crippen LogP contribution >= 0.6 is 0 Å². The van der Waals surface area contributed by atoms with Gasteiger partial charge in [-0.15, -0.1) is 0 Å². The van der Waals surface area contributed by atoms with E-state index in [9.17, 15) is 8.42 Å². The molecule has 0 radical (unpaired) electrons. The molecule has 0 atom stereocenters. The summed E-state index contributed by atoms with van der Waals surface area (Å²) in [5.41, 5.74) is 2.94. The second-order valence-electron chi connectivity index (χ2n) is 4.81. The smallest absolute Gasteiger partial charge is 0.229 e. The first kappa shape index (κ1) is 13.6. The van der Waals surface area contributed by atoms with Crippen LogP contribution in [0.3, 0.4) is 0 Å². The van der Waals surface area contributed by atoms with E-state index in [4.69, 9.17) is 0 Å². The zero-order chi connectivity index (χ0) is 14.9. The number of hydrogen-bond donors (Lipinski definition) is 1. The van der Waals surface area contributed by atoms with Crippen LogP contribution in [0.4, 0.5) is 5.69 Å². The third kappa shape index (κ3) is 3.03. The van der Waals surface area contributed by atoms with Crippen LogP contribution in [-0.2, 0) is 10.0 Å². The lowest BCUT2D eigenvalue weighted by atomic mass is 10.1. The normalized spacial score (nSPS) is 11.5. The van der Waals surface area contributed by atoms with E-state index >= 15 is 0 Å². The molecule has 106 valence electrons. The molecule has 0 aliphatic carbocycles. The number of para-hydroxylation sites is 1. The SMILES string of the molecule is CS(=O)(=O)Nc1cccc2ccc(-c3ccccc3)nc12. The van der Waals surface area contributed by atoms with Crippen molar-refractivity contribution in [3.63, 3.8) is 0 Å². The van der Waals surface area contributed by atoms with E-state index in [1.54, 1.807) is 12.1 Å². The third-order valence-electron chi connectivity index (χ3n) is 3.09. The minimum atomic E-state index is -3.34. The van der Waals surface area contributed by atoms with E-state index in [0.717, 1.165) is 22.9 Å². The van der Waals surface area contributed by atoms with E-state index in [2.05, 4.69) is 9.71 Å². The van der Waals surface area contributed by atoms with Crippen molar-refractivity contribution in [2.45, 2.75) is 0 Å². The lowest BCUT2D eigenvalue weighted by Gasteiger charge is -2.09. The maximum atomic E-state index is 11.5. The zero-order valence-corrected chi connectivity index (χ0v) is 12.3. The van der Waals surface area contributed by atoms with Crippen LogP contribution in [0.25, 0.3) is 22.2 Å². The van der Waals surface area contributed by atoms with E-state index in [1.807, 2.05) is 48.5 Å². The Morgan fingerprint density at radius 2 is 1.67 bits per heavy atom. The molecule has 0 amide bonds. The van der Waals surface area contributed by atoms with E-state index < -0.39 is 10.0 Å². The summed E-state index contributed by atoms with van der Waals surface area (Å²) in [5, 5.41) is 0.892. The van der Waals surface area contributed by atoms with Gasteiger partial charge in [0.15, 0.2) is 0 Å². The number of nitrogens with one attached hydrogen (secondary N) is 1. The van der Waals surface area contributed by atoms with Crippen molar-refractivity contribution in [2.24, 2.45) is 0 Å². The fourth-order valence-electron chi connectivity index (χ4n) is 2.20. The highest BCUT2D eigenvalue weighted by Gasteiger charge is 2.08. The first-order chi connectivity index (χ1) is 10.0. The molecule has 0 saturated heterocycles. The van der Waals surface area contributed by atoms with Crippen LogP contribution in [0, 0.1) is 0 Å². The average molecular weight is 298 g/mol. The molecule has 0 unspecified atom stereocenters. The summed E-state index contributed by atoms with van der Waals surface area (Å²) in [6.45, 7) is 0. The van der Waals surface area contributed by atoms with E-state index in [-0.39, 0.29) is 0 Å². The third-order valence-corrected chi connectivity index (χ3v) is 3.68. The molecule has 0 bridgehead atoms. The van der Waals surface area contributed by atoms with Gasteiger partial charge in [0.2, 0.25) is 10.0 Å². The molecular weight excluding hydrogens is 284 g/mol. The van der Waals surface area contributed by atoms with Crippen molar-refractivity contribution in [3.8, 4) is 11.3 Å². The molecule has 2 aromatic carbocycles. The van der Waals surface area contributed by atoms with Gasteiger partial charge in [-0.05, 0) is 12.1 Å². The monoisotopic (exact) mass is 298 g/mol. The van der Waals surface area contributed by atoms with Gasteiger partial charge >= 0.3 is 0 Å². The number of nitrogens with zero attached hydrogens (tertiary/aromatic N) is 1. The quantitative estimate of drug-likeness (QED) is 0.807. The Labute approximate surface area is 123 Å². The lowest BCUT2D eigenvalue weighted by Crippen LogP contribution is -2.10. The van der Waals surface area contributed by atoms with Crippen LogP contribution < -0.4 is 4.72 Å². The van der Waals surface area contributed by atoms with Crippen LogP contribution in [-0.4, -0.2) is 19.7 Å².